The number of carboxylic acids is 1. The Hall–Kier alpha value is -1.43. The molecule has 6 nitrogen and oxygen atoms in total. The fraction of sp³-hybridized carbons (Fsp3) is 0.400. The van der Waals surface area contributed by atoms with Gasteiger partial charge < -0.3 is 10.2 Å². The third kappa shape index (κ3) is 1.74. The molecule has 6 heteroatoms. The number of hydrogen-bond donors (Lipinski definition) is 2. The summed E-state index contributed by atoms with van der Waals surface area (Å²) in [6, 6.07) is 0. The molecule has 60 valence electrons. The molecule has 0 atom stereocenters. The molecule has 0 aliphatic heterocycles. The van der Waals surface area contributed by atoms with Gasteiger partial charge in [0, 0.05) is 0 Å². The van der Waals surface area contributed by atoms with Crippen LogP contribution in [-0.4, -0.2) is 37.8 Å². The number of aromatic nitrogens is 3. The van der Waals surface area contributed by atoms with Gasteiger partial charge in [-0.15, -0.1) is 5.10 Å². The van der Waals surface area contributed by atoms with Crippen LogP contribution >= 0.6 is 0 Å². The topological polar surface area (TPSA) is 88.2 Å². The van der Waals surface area contributed by atoms with E-state index in [-0.39, 0.29) is 18.8 Å². The number of aliphatic hydroxyl groups is 1. The predicted molar refractivity (Wildman–Crippen MR) is 34.1 cm³/mol. The van der Waals surface area contributed by atoms with Crippen molar-refractivity contribution in [2.45, 2.75) is 6.54 Å². The van der Waals surface area contributed by atoms with Crippen LogP contribution in [0.15, 0.2) is 6.20 Å². The molecular weight excluding hydrogens is 150 g/mol. The van der Waals surface area contributed by atoms with Crippen molar-refractivity contribution in [1.29, 1.82) is 0 Å². The van der Waals surface area contributed by atoms with Gasteiger partial charge in [-0.1, -0.05) is 0 Å². The Balaban J connectivity index is 2.73. The zero-order valence-electron chi connectivity index (χ0n) is 5.64. The van der Waals surface area contributed by atoms with E-state index in [1.165, 1.54) is 0 Å². The first-order valence-electron chi connectivity index (χ1n) is 2.98. The van der Waals surface area contributed by atoms with E-state index in [9.17, 15) is 4.79 Å². The standard InChI is InChI=1S/C5H7N3O3/c9-2-1-8-6-3-4(7-8)5(10)11/h3,9H,1-2H2,(H,10,11). The Labute approximate surface area is 62.1 Å². The van der Waals surface area contributed by atoms with Gasteiger partial charge in [0.15, 0.2) is 5.69 Å². The van der Waals surface area contributed by atoms with Gasteiger partial charge in [0.25, 0.3) is 0 Å². The maximum atomic E-state index is 10.2. The summed E-state index contributed by atoms with van der Waals surface area (Å²) in [5, 5.41) is 23.9. The maximum absolute atomic E-state index is 10.2. The Bertz CT molecular complexity index is 257. The van der Waals surface area contributed by atoms with E-state index < -0.39 is 5.97 Å². The van der Waals surface area contributed by atoms with Crippen molar-refractivity contribution in [2.75, 3.05) is 6.61 Å². The first-order valence-corrected chi connectivity index (χ1v) is 2.98. The minimum absolute atomic E-state index is 0.103. The van der Waals surface area contributed by atoms with Gasteiger partial charge >= 0.3 is 5.97 Å². The predicted octanol–water partition coefficient (Wildman–Crippen LogP) is -1.03. The number of rotatable bonds is 3. The minimum Gasteiger partial charge on any atom is -0.476 e. The molecule has 1 aromatic rings. The second-order valence-electron chi connectivity index (χ2n) is 1.85. The van der Waals surface area contributed by atoms with Crippen LogP contribution in [0, 0.1) is 0 Å². The first-order chi connectivity index (χ1) is 5.24. The first kappa shape index (κ1) is 7.67. The van der Waals surface area contributed by atoms with Crippen molar-refractivity contribution in [1.82, 2.24) is 15.0 Å². The highest BCUT2D eigenvalue weighted by molar-refractivity contribution is 5.84. The van der Waals surface area contributed by atoms with Gasteiger partial charge in [-0.3, -0.25) is 0 Å². The summed E-state index contributed by atoms with van der Waals surface area (Å²) in [5.74, 6) is -1.12. The molecule has 1 heterocycles. The van der Waals surface area contributed by atoms with E-state index in [0.717, 1.165) is 11.0 Å². The molecule has 1 rings (SSSR count). The second-order valence-corrected chi connectivity index (χ2v) is 1.85. The monoisotopic (exact) mass is 157 g/mol. The zero-order chi connectivity index (χ0) is 8.27. The average Bonchev–Trinajstić information content (AvgIpc) is 2.37. The summed E-state index contributed by atoms with van der Waals surface area (Å²) < 4.78 is 0. The summed E-state index contributed by atoms with van der Waals surface area (Å²) >= 11 is 0. The largest absolute Gasteiger partial charge is 0.476 e. The van der Waals surface area contributed by atoms with Crippen LogP contribution in [0.1, 0.15) is 10.5 Å². The van der Waals surface area contributed by atoms with Crippen molar-refractivity contribution < 1.29 is 15.0 Å². The fourth-order valence-corrected chi connectivity index (χ4v) is 0.593. The molecule has 0 aliphatic rings. The normalized spacial score (nSPS) is 9.91. The van der Waals surface area contributed by atoms with Crippen LogP contribution < -0.4 is 0 Å². The second kappa shape index (κ2) is 3.11. The summed E-state index contributed by atoms with van der Waals surface area (Å²) in [5.41, 5.74) is -0.113. The molecule has 0 spiro atoms. The van der Waals surface area contributed by atoms with E-state index in [1.54, 1.807) is 0 Å². The summed E-state index contributed by atoms with van der Waals surface area (Å²) in [7, 11) is 0. The number of carbonyl (C=O) groups is 1. The molecule has 2 N–H and O–H groups in total. The zero-order valence-corrected chi connectivity index (χ0v) is 5.64. The molecule has 0 aromatic carbocycles. The van der Waals surface area contributed by atoms with Crippen LogP contribution in [0.2, 0.25) is 0 Å². The van der Waals surface area contributed by atoms with Gasteiger partial charge in [-0.05, 0) is 0 Å². The van der Waals surface area contributed by atoms with Gasteiger partial charge in [-0.25, -0.2) is 4.79 Å². The van der Waals surface area contributed by atoms with Crippen LogP contribution in [-0.2, 0) is 6.54 Å². The summed E-state index contributed by atoms with van der Waals surface area (Å²) in [4.78, 5) is 11.4. The van der Waals surface area contributed by atoms with Crippen molar-refractivity contribution in [3.05, 3.63) is 11.9 Å². The molecule has 0 unspecified atom stereocenters. The van der Waals surface area contributed by atoms with Crippen molar-refractivity contribution >= 4 is 5.97 Å². The van der Waals surface area contributed by atoms with Gasteiger partial charge in [0.05, 0.1) is 19.3 Å². The highest BCUT2D eigenvalue weighted by Gasteiger charge is 2.06. The summed E-state index contributed by atoms with van der Waals surface area (Å²) in [6.45, 7) is 0.112. The molecule has 11 heavy (non-hydrogen) atoms. The Morgan fingerprint density at radius 2 is 2.45 bits per heavy atom. The lowest BCUT2D eigenvalue weighted by Gasteiger charge is -1.91. The number of hydrogen-bond acceptors (Lipinski definition) is 4. The van der Waals surface area contributed by atoms with Gasteiger partial charge in [0.1, 0.15) is 0 Å². The molecule has 0 fully saturated rings. The molecule has 0 aliphatic carbocycles. The number of aromatic carboxylic acids is 1. The molecule has 0 saturated carbocycles. The summed E-state index contributed by atoms with van der Waals surface area (Å²) in [6.07, 6.45) is 1.14. The lowest BCUT2D eigenvalue weighted by molar-refractivity contribution is 0.0689. The number of carboxylic acid groups (broad SMARTS) is 1. The SMILES string of the molecule is O=C(O)c1cnn(CCO)n1. The van der Waals surface area contributed by atoms with E-state index in [2.05, 4.69) is 10.2 Å². The minimum atomic E-state index is -1.12. The molecule has 0 radical (unpaired) electrons. The van der Waals surface area contributed by atoms with E-state index >= 15 is 0 Å². The molecule has 0 saturated heterocycles. The van der Waals surface area contributed by atoms with Crippen LogP contribution in [0.4, 0.5) is 0 Å². The highest BCUT2D eigenvalue weighted by atomic mass is 16.4. The van der Waals surface area contributed by atoms with E-state index in [4.69, 9.17) is 10.2 Å². The van der Waals surface area contributed by atoms with Crippen LogP contribution in [0.3, 0.4) is 0 Å². The number of aliphatic hydroxyl groups excluding tert-OH is 1. The molecule has 0 amide bonds. The average molecular weight is 157 g/mol. The lowest BCUT2D eigenvalue weighted by atomic mass is 10.5. The highest BCUT2D eigenvalue weighted by Crippen LogP contribution is 1.89. The van der Waals surface area contributed by atoms with E-state index in [0.29, 0.717) is 0 Å². The number of nitrogens with zero attached hydrogens (tertiary/aromatic N) is 3. The third-order valence-electron chi connectivity index (χ3n) is 1.06. The van der Waals surface area contributed by atoms with Crippen molar-refractivity contribution in [2.24, 2.45) is 0 Å². The smallest absolute Gasteiger partial charge is 0.358 e. The quantitative estimate of drug-likeness (QED) is 0.585. The van der Waals surface area contributed by atoms with Crippen LogP contribution in [0.5, 0.6) is 0 Å². The molecular formula is C5H7N3O3. The third-order valence-corrected chi connectivity index (χ3v) is 1.06. The maximum Gasteiger partial charge on any atom is 0.358 e. The molecule has 1 aromatic heterocycles. The van der Waals surface area contributed by atoms with Gasteiger partial charge in [-0.2, -0.15) is 9.90 Å². The lowest BCUT2D eigenvalue weighted by Crippen LogP contribution is -2.07. The molecule has 0 bridgehead atoms. The fourth-order valence-electron chi connectivity index (χ4n) is 0.593. The Kier molecular flexibility index (Phi) is 2.17. The Morgan fingerprint density at radius 3 is 2.91 bits per heavy atom. The van der Waals surface area contributed by atoms with Gasteiger partial charge in [0.2, 0.25) is 0 Å². The Morgan fingerprint density at radius 1 is 1.73 bits per heavy atom. The van der Waals surface area contributed by atoms with Crippen molar-refractivity contribution in [3.8, 4) is 0 Å². The van der Waals surface area contributed by atoms with Crippen molar-refractivity contribution in [3.63, 3.8) is 0 Å². The van der Waals surface area contributed by atoms with E-state index in [1.807, 2.05) is 0 Å². The van der Waals surface area contributed by atoms with Crippen LogP contribution in [0.25, 0.3) is 0 Å².